The first-order valence-electron chi connectivity index (χ1n) is 9.32. The molecule has 0 aromatic heterocycles. The van der Waals surface area contributed by atoms with Crippen LogP contribution >= 0.6 is 0 Å². The van der Waals surface area contributed by atoms with E-state index in [0.29, 0.717) is 24.9 Å². The highest BCUT2D eigenvalue weighted by Crippen LogP contribution is 2.42. The second-order valence-electron chi connectivity index (χ2n) is 8.16. The smallest absolute Gasteiger partial charge is 0.222 e. The number of amides is 1. The number of benzene rings is 1. The predicted molar refractivity (Wildman–Crippen MR) is 92.1 cm³/mol. The summed E-state index contributed by atoms with van der Waals surface area (Å²) in [4.78, 5) is 16.8. The Kier molecular flexibility index (Phi) is 4.11. The van der Waals surface area contributed by atoms with Gasteiger partial charge in [-0.15, -0.1) is 0 Å². The van der Waals surface area contributed by atoms with Crippen molar-refractivity contribution in [1.29, 1.82) is 0 Å². The quantitative estimate of drug-likeness (QED) is 0.847. The molecule has 3 fully saturated rings. The summed E-state index contributed by atoms with van der Waals surface area (Å²) in [5.41, 5.74) is 2.00. The van der Waals surface area contributed by atoms with E-state index in [-0.39, 0.29) is 11.2 Å². The molecule has 4 heteroatoms. The van der Waals surface area contributed by atoms with Crippen molar-refractivity contribution in [3.05, 3.63) is 35.1 Å². The summed E-state index contributed by atoms with van der Waals surface area (Å²) in [5, 5.41) is 0. The third-order valence-corrected chi connectivity index (χ3v) is 6.03. The first kappa shape index (κ1) is 16.1. The lowest BCUT2D eigenvalue weighted by molar-refractivity contribution is -0.140. The number of nitrogens with zero attached hydrogens (tertiary/aromatic N) is 2. The van der Waals surface area contributed by atoms with Crippen LogP contribution in [-0.2, 0) is 11.3 Å². The van der Waals surface area contributed by atoms with Gasteiger partial charge in [-0.2, -0.15) is 0 Å². The maximum atomic E-state index is 14.2. The topological polar surface area (TPSA) is 23.6 Å². The molecule has 1 spiro atoms. The largest absolute Gasteiger partial charge is 0.339 e. The maximum Gasteiger partial charge on any atom is 0.222 e. The SMILES string of the molecule is Cc1ccc(CN2CCC[C@]3(CCC(=O)N(C4CC4)C3)C2)c(F)c1. The molecule has 1 saturated carbocycles. The molecule has 0 bridgehead atoms. The Hall–Kier alpha value is -1.42. The van der Waals surface area contributed by atoms with Crippen LogP contribution in [0.3, 0.4) is 0 Å². The summed E-state index contributed by atoms with van der Waals surface area (Å²) in [6, 6.07) is 6.06. The maximum absolute atomic E-state index is 14.2. The molecule has 24 heavy (non-hydrogen) atoms. The Morgan fingerprint density at radius 2 is 2.08 bits per heavy atom. The summed E-state index contributed by atoms with van der Waals surface area (Å²) < 4.78 is 14.2. The van der Waals surface area contributed by atoms with Crippen LogP contribution in [0.15, 0.2) is 18.2 Å². The fourth-order valence-electron chi connectivity index (χ4n) is 4.56. The molecule has 1 aromatic carbocycles. The van der Waals surface area contributed by atoms with Gasteiger partial charge >= 0.3 is 0 Å². The number of aryl methyl sites for hydroxylation is 1. The molecule has 3 aliphatic rings. The van der Waals surface area contributed by atoms with Crippen LogP contribution in [0, 0.1) is 18.2 Å². The zero-order chi connectivity index (χ0) is 16.7. The lowest BCUT2D eigenvalue weighted by Crippen LogP contribution is -2.54. The van der Waals surface area contributed by atoms with Crippen molar-refractivity contribution in [2.24, 2.45) is 5.41 Å². The van der Waals surface area contributed by atoms with Crippen LogP contribution in [-0.4, -0.2) is 41.4 Å². The van der Waals surface area contributed by atoms with Crippen molar-refractivity contribution in [3.8, 4) is 0 Å². The van der Waals surface area contributed by atoms with E-state index >= 15 is 0 Å². The number of hydrogen-bond donors (Lipinski definition) is 0. The average Bonchev–Trinajstić information content (AvgIpc) is 3.38. The molecule has 1 aliphatic carbocycles. The standard InChI is InChI=1S/C20H27FN2O/c1-15-3-4-16(18(21)11-15)12-22-10-2-8-20(13-22)9-7-19(24)23(14-20)17-5-6-17/h3-4,11,17H,2,5-10,12-14H2,1H3/t20-/m0/s1. The highest BCUT2D eigenvalue weighted by atomic mass is 19.1. The summed E-state index contributed by atoms with van der Waals surface area (Å²) in [6.45, 7) is 5.56. The highest BCUT2D eigenvalue weighted by molar-refractivity contribution is 5.78. The number of halogens is 1. The van der Waals surface area contributed by atoms with E-state index in [0.717, 1.165) is 43.6 Å². The molecule has 2 heterocycles. The van der Waals surface area contributed by atoms with Crippen molar-refractivity contribution < 1.29 is 9.18 Å². The fourth-order valence-corrected chi connectivity index (χ4v) is 4.56. The van der Waals surface area contributed by atoms with E-state index in [4.69, 9.17) is 0 Å². The molecule has 4 rings (SSSR count). The van der Waals surface area contributed by atoms with Crippen LogP contribution in [0.4, 0.5) is 4.39 Å². The number of hydrogen-bond acceptors (Lipinski definition) is 2. The Balaban J connectivity index is 1.46. The Labute approximate surface area is 143 Å². The van der Waals surface area contributed by atoms with E-state index < -0.39 is 0 Å². The van der Waals surface area contributed by atoms with E-state index in [1.165, 1.54) is 19.3 Å². The van der Waals surface area contributed by atoms with Gasteiger partial charge in [0, 0.05) is 43.1 Å². The molecular formula is C20H27FN2O. The van der Waals surface area contributed by atoms with Gasteiger partial charge in [0.25, 0.3) is 0 Å². The molecule has 1 aromatic rings. The zero-order valence-corrected chi connectivity index (χ0v) is 14.6. The van der Waals surface area contributed by atoms with Gasteiger partial charge in [0.1, 0.15) is 5.82 Å². The van der Waals surface area contributed by atoms with Crippen LogP contribution in [0.1, 0.15) is 49.7 Å². The summed E-state index contributed by atoms with van der Waals surface area (Å²) in [7, 11) is 0. The van der Waals surface area contributed by atoms with Crippen LogP contribution in [0.2, 0.25) is 0 Å². The Bertz CT molecular complexity index is 643. The van der Waals surface area contributed by atoms with Gasteiger partial charge in [-0.05, 0) is 57.2 Å². The van der Waals surface area contributed by atoms with E-state index in [1.54, 1.807) is 6.07 Å². The first-order chi connectivity index (χ1) is 11.5. The van der Waals surface area contributed by atoms with Crippen molar-refractivity contribution in [3.63, 3.8) is 0 Å². The summed E-state index contributed by atoms with van der Waals surface area (Å²) in [5.74, 6) is 0.262. The van der Waals surface area contributed by atoms with Gasteiger partial charge in [-0.1, -0.05) is 12.1 Å². The summed E-state index contributed by atoms with van der Waals surface area (Å²) >= 11 is 0. The van der Waals surface area contributed by atoms with Crippen LogP contribution in [0.25, 0.3) is 0 Å². The van der Waals surface area contributed by atoms with E-state index in [1.807, 2.05) is 19.1 Å². The number of carbonyl (C=O) groups excluding carboxylic acids is 1. The van der Waals surface area contributed by atoms with Gasteiger partial charge in [0.05, 0.1) is 0 Å². The number of rotatable bonds is 3. The predicted octanol–water partition coefficient (Wildman–Crippen LogP) is 3.50. The van der Waals surface area contributed by atoms with Crippen molar-refractivity contribution in [2.45, 2.75) is 58.0 Å². The van der Waals surface area contributed by atoms with E-state index in [2.05, 4.69) is 9.80 Å². The molecule has 0 N–H and O–H groups in total. The zero-order valence-electron chi connectivity index (χ0n) is 14.6. The average molecular weight is 330 g/mol. The molecular weight excluding hydrogens is 303 g/mol. The van der Waals surface area contributed by atoms with Gasteiger partial charge < -0.3 is 4.90 Å². The monoisotopic (exact) mass is 330 g/mol. The van der Waals surface area contributed by atoms with Gasteiger partial charge in [-0.3, -0.25) is 9.69 Å². The molecule has 1 atom stereocenters. The van der Waals surface area contributed by atoms with Gasteiger partial charge in [0.2, 0.25) is 5.91 Å². The minimum absolute atomic E-state index is 0.0898. The molecule has 2 aliphatic heterocycles. The first-order valence-corrected chi connectivity index (χ1v) is 9.32. The normalized spacial score (nSPS) is 28.6. The third-order valence-electron chi connectivity index (χ3n) is 6.03. The molecule has 0 unspecified atom stereocenters. The molecule has 2 saturated heterocycles. The van der Waals surface area contributed by atoms with Crippen LogP contribution in [0.5, 0.6) is 0 Å². The van der Waals surface area contributed by atoms with Crippen molar-refractivity contribution in [2.75, 3.05) is 19.6 Å². The van der Waals surface area contributed by atoms with Crippen molar-refractivity contribution >= 4 is 5.91 Å². The Morgan fingerprint density at radius 3 is 2.83 bits per heavy atom. The molecule has 0 radical (unpaired) electrons. The summed E-state index contributed by atoms with van der Waals surface area (Å²) in [6.07, 6.45) is 6.42. The number of likely N-dealkylation sites (tertiary alicyclic amines) is 2. The number of piperidine rings is 2. The lowest BCUT2D eigenvalue weighted by atomic mass is 9.73. The van der Waals surface area contributed by atoms with Gasteiger partial charge in [0.15, 0.2) is 0 Å². The number of carbonyl (C=O) groups is 1. The van der Waals surface area contributed by atoms with Crippen molar-refractivity contribution in [1.82, 2.24) is 9.80 Å². The highest BCUT2D eigenvalue weighted by Gasteiger charge is 2.45. The minimum Gasteiger partial charge on any atom is -0.339 e. The minimum atomic E-state index is -0.0898. The second-order valence-corrected chi connectivity index (χ2v) is 8.16. The lowest BCUT2D eigenvalue weighted by Gasteiger charge is -2.48. The molecule has 1 amide bonds. The van der Waals surface area contributed by atoms with Gasteiger partial charge in [-0.25, -0.2) is 4.39 Å². The molecule has 130 valence electrons. The Morgan fingerprint density at radius 1 is 1.25 bits per heavy atom. The molecule has 3 nitrogen and oxygen atoms in total. The van der Waals surface area contributed by atoms with Crippen LogP contribution < -0.4 is 0 Å². The third kappa shape index (κ3) is 3.21. The van der Waals surface area contributed by atoms with E-state index in [9.17, 15) is 9.18 Å². The second kappa shape index (κ2) is 6.14. The fraction of sp³-hybridized carbons (Fsp3) is 0.650.